The lowest BCUT2D eigenvalue weighted by atomic mass is 9.77. The van der Waals surface area contributed by atoms with Crippen molar-refractivity contribution in [3.8, 4) is 0 Å². The first-order valence-corrected chi connectivity index (χ1v) is 17.5. The van der Waals surface area contributed by atoms with Gasteiger partial charge in [0.15, 0.2) is 0 Å². The fourth-order valence-electron chi connectivity index (χ4n) is 7.51. The molecule has 1 heterocycles. The van der Waals surface area contributed by atoms with Crippen molar-refractivity contribution in [2.75, 3.05) is 46.4 Å². The summed E-state index contributed by atoms with van der Waals surface area (Å²) >= 11 is 6.49. The maximum Gasteiger partial charge on any atom is 0.411 e. The van der Waals surface area contributed by atoms with Gasteiger partial charge >= 0.3 is 12.1 Å². The Morgan fingerprint density at radius 2 is 1.72 bits per heavy atom. The zero-order valence-corrected chi connectivity index (χ0v) is 28.8. The number of hydrogen-bond donors (Lipinski definition) is 0. The van der Waals surface area contributed by atoms with Crippen molar-refractivity contribution < 1.29 is 27.4 Å². The predicted octanol–water partition coefficient (Wildman–Crippen LogP) is 9.15. The number of aryl methyl sites for hydroxylation is 2. The van der Waals surface area contributed by atoms with Crippen LogP contribution >= 0.6 is 11.6 Å². The molecule has 1 aliphatic heterocycles. The Kier molecular flexibility index (Phi) is 13.8. The quantitative estimate of drug-likeness (QED) is 0.189. The molecule has 0 N–H and O–H groups in total. The smallest absolute Gasteiger partial charge is 0.411 e. The summed E-state index contributed by atoms with van der Waals surface area (Å²) in [6, 6.07) is 11.6. The van der Waals surface area contributed by atoms with Gasteiger partial charge in [-0.2, -0.15) is 13.2 Å². The molecule has 0 bridgehead atoms. The highest BCUT2D eigenvalue weighted by Crippen LogP contribution is 2.41. The van der Waals surface area contributed by atoms with Gasteiger partial charge in [-0.25, -0.2) is 4.79 Å². The summed E-state index contributed by atoms with van der Waals surface area (Å²) < 4.78 is 49.1. The molecule has 1 aliphatic carbocycles. The van der Waals surface area contributed by atoms with Gasteiger partial charge in [0.2, 0.25) is 0 Å². The number of rotatable bonds is 14. The fourth-order valence-corrected chi connectivity index (χ4v) is 7.69. The van der Waals surface area contributed by atoms with E-state index in [9.17, 15) is 18.0 Å². The highest BCUT2D eigenvalue weighted by Gasteiger charge is 2.35. The van der Waals surface area contributed by atoms with Crippen molar-refractivity contribution in [1.82, 2.24) is 9.80 Å². The van der Waals surface area contributed by atoms with Crippen LogP contribution < -0.4 is 0 Å². The fraction of sp³-hybridized carbons (Fsp3) is 0.649. The molecule has 1 unspecified atom stereocenters. The molecule has 256 valence electrons. The Morgan fingerprint density at radius 1 is 1.00 bits per heavy atom. The number of halogens is 4. The molecule has 0 spiro atoms. The van der Waals surface area contributed by atoms with Crippen molar-refractivity contribution in [2.45, 2.75) is 109 Å². The van der Waals surface area contributed by atoms with E-state index in [1.807, 2.05) is 32.2 Å². The van der Waals surface area contributed by atoms with E-state index in [1.165, 1.54) is 30.4 Å². The number of esters is 1. The Morgan fingerprint density at radius 3 is 2.39 bits per heavy atom. The zero-order chi connectivity index (χ0) is 33.3. The van der Waals surface area contributed by atoms with Crippen LogP contribution in [-0.2, 0) is 14.3 Å². The molecule has 4 rings (SSSR count). The summed E-state index contributed by atoms with van der Waals surface area (Å²) in [5.74, 6) is 0.149. The molecule has 1 saturated heterocycles. The van der Waals surface area contributed by atoms with Crippen LogP contribution in [0.1, 0.15) is 110 Å². The molecule has 2 aliphatic rings. The lowest BCUT2D eigenvalue weighted by Crippen LogP contribution is -2.35. The van der Waals surface area contributed by atoms with E-state index in [0.717, 1.165) is 54.2 Å². The van der Waals surface area contributed by atoms with E-state index >= 15 is 0 Å². The maximum atomic E-state index is 13.7. The van der Waals surface area contributed by atoms with E-state index in [1.54, 1.807) is 0 Å². The van der Waals surface area contributed by atoms with Crippen LogP contribution in [0, 0.1) is 13.8 Å². The molecule has 2 atom stereocenters. The van der Waals surface area contributed by atoms with E-state index < -0.39 is 24.9 Å². The molecule has 0 radical (unpaired) electrons. The molecule has 2 aromatic carbocycles. The molecule has 2 aromatic rings. The molecular weight excluding hydrogens is 613 g/mol. The summed E-state index contributed by atoms with van der Waals surface area (Å²) in [4.78, 5) is 18.4. The summed E-state index contributed by atoms with van der Waals surface area (Å²) in [5.41, 5.74) is 5.65. The molecule has 2 fully saturated rings. The average Bonchev–Trinajstić information content (AvgIpc) is 3.02. The van der Waals surface area contributed by atoms with Gasteiger partial charge < -0.3 is 14.4 Å². The molecule has 9 heteroatoms. The summed E-state index contributed by atoms with van der Waals surface area (Å²) in [7, 11) is 2.00. The standard InChI is InChI=1S/C37H52ClF3N2O3/c1-5-45-36(44)35(32-11-9-10-27(3)34(32)29-13-16-31(17-14-29)46-25-37(39,40)41)42(4)22-18-28(19-23-43-20-7-6-8-21-43)33-24-30(38)15-12-26(33)2/h9-12,15,24,28-29,31,35H,5-8,13-14,16-23,25H2,1-4H3/t28-,29?,31?,35?/m1/s1. The Labute approximate surface area is 278 Å². The number of ether oxygens (including phenoxy) is 2. The number of benzene rings is 2. The van der Waals surface area contributed by atoms with Crippen molar-refractivity contribution in [3.05, 3.63) is 69.2 Å². The second-order valence-electron chi connectivity index (χ2n) is 13.3. The second-order valence-corrected chi connectivity index (χ2v) is 13.7. The zero-order valence-electron chi connectivity index (χ0n) is 28.0. The van der Waals surface area contributed by atoms with Gasteiger partial charge in [0.05, 0.1) is 12.7 Å². The molecule has 0 aromatic heterocycles. The largest absolute Gasteiger partial charge is 0.465 e. The number of alkyl halides is 3. The number of likely N-dealkylation sites (tertiary alicyclic amines) is 1. The molecular formula is C37H52ClF3N2O3. The van der Waals surface area contributed by atoms with Gasteiger partial charge in [-0.1, -0.05) is 42.3 Å². The first-order valence-electron chi connectivity index (χ1n) is 17.1. The molecule has 0 amide bonds. The minimum absolute atomic E-state index is 0.138. The third kappa shape index (κ3) is 10.4. The number of hydrogen-bond acceptors (Lipinski definition) is 5. The highest BCUT2D eigenvalue weighted by atomic mass is 35.5. The van der Waals surface area contributed by atoms with Gasteiger partial charge in [-0.15, -0.1) is 0 Å². The molecule has 5 nitrogen and oxygen atoms in total. The number of piperidine rings is 1. The first-order chi connectivity index (χ1) is 22.0. The van der Waals surface area contributed by atoms with Gasteiger partial charge in [-0.05, 0) is 157 Å². The van der Waals surface area contributed by atoms with Gasteiger partial charge in [0.1, 0.15) is 12.6 Å². The van der Waals surface area contributed by atoms with Crippen LogP contribution in [-0.4, -0.2) is 74.5 Å². The monoisotopic (exact) mass is 664 g/mol. The van der Waals surface area contributed by atoms with E-state index in [2.05, 4.69) is 41.8 Å². The number of likely N-dealkylation sites (N-methyl/N-ethyl adjacent to an activating group) is 1. The number of nitrogens with zero attached hydrogens (tertiary/aromatic N) is 2. The topological polar surface area (TPSA) is 42.0 Å². The lowest BCUT2D eigenvalue weighted by molar-refractivity contribution is -0.188. The first kappa shape index (κ1) is 36.7. The van der Waals surface area contributed by atoms with E-state index in [0.29, 0.717) is 32.2 Å². The van der Waals surface area contributed by atoms with Crippen molar-refractivity contribution in [3.63, 3.8) is 0 Å². The normalized spacial score (nSPS) is 20.9. The predicted molar refractivity (Wildman–Crippen MR) is 179 cm³/mol. The highest BCUT2D eigenvalue weighted by molar-refractivity contribution is 6.30. The van der Waals surface area contributed by atoms with Crippen molar-refractivity contribution in [2.24, 2.45) is 0 Å². The Hall–Kier alpha value is -2.13. The maximum absolute atomic E-state index is 13.7. The van der Waals surface area contributed by atoms with E-state index in [4.69, 9.17) is 21.1 Å². The minimum atomic E-state index is -4.32. The van der Waals surface area contributed by atoms with Gasteiger partial charge in [-0.3, -0.25) is 4.90 Å². The van der Waals surface area contributed by atoms with Crippen LogP contribution in [0.15, 0.2) is 36.4 Å². The number of carbonyl (C=O) groups is 1. The summed E-state index contributed by atoms with van der Waals surface area (Å²) in [6.45, 7) is 9.14. The summed E-state index contributed by atoms with van der Waals surface area (Å²) in [6.07, 6.45) is 3.54. The van der Waals surface area contributed by atoms with Crippen molar-refractivity contribution >= 4 is 17.6 Å². The van der Waals surface area contributed by atoms with Crippen LogP contribution in [0.3, 0.4) is 0 Å². The SMILES string of the molecule is CCOC(=O)C(c1cccc(C)c1C1CCC(OCC(F)(F)F)CC1)N(C)CC[C@H](CCN1CCCCC1)c1cc(Cl)ccc1C. The third-order valence-corrected chi connectivity index (χ3v) is 10.2. The van der Waals surface area contributed by atoms with Crippen LogP contribution in [0.4, 0.5) is 13.2 Å². The van der Waals surface area contributed by atoms with Crippen LogP contribution in [0.2, 0.25) is 5.02 Å². The third-order valence-electron chi connectivity index (χ3n) is 9.92. The van der Waals surface area contributed by atoms with E-state index in [-0.39, 0.29) is 24.4 Å². The van der Waals surface area contributed by atoms with Crippen LogP contribution in [0.5, 0.6) is 0 Å². The summed E-state index contributed by atoms with van der Waals surface area (Å²) in [5, 5.41) is 0.740. The minimum Gasteiger partial charge on any atom is -0.465 e. The van der Waals surface area contributed by atoms with Crippen molar-refractivity contribution in [1.29, 1.82) is 0 Å². The number of carbonyl (C=O) groups excluding carboxylic acids is 1. The molecule has 1 saturated carbocycles. The van der Waals surface area contributed by atoms with Crippen LogP contribution in [0.25, 0.3) is 0 Å². The Balaban J connectivity index is 1.54. The molecule has 46 heavy (non-hydrogen) atoms. The van der Waals surface area contributed by atoms with Gasteiger partial charge in [0.25, 0.3) is 0 Å². The van der Waals surface area contributed by atoms with Gasteiger partial charge in [0, 0.05) is 5.02 Å². The lowest BCUT2D eigenvalue weighted by Gasteiger charge is -2.35. The average molecular weight is 665 g/mol. The Bertz CT molecular complexity index is 1260. The second kappa shape index (κ2) is 17.3.